The molecular weight excluding hydrogens is 360 g/mol. The first-order valence-electron chi connectivity index (χ1n) is 13.0. The Labute approximate surface area is 182 Å². The summed E-state index contributed by atoms with van der Waals surface area (Å²) in [6, 6.07) is 0. The van der Waals surface area contributed by atoms with Gasteiger partial charge in [-0.3, -0.25) is 4.79 Å². The minimum atomic E-state index is -0.131. The molecule has 0 spiro atoms. The molecule has 0 aromatic heterocycles. The minimum absolute atomic E-state index is 0.114. The third kappa shape index (κ3) is 23.7. The second kappa shape index (κ2) is 23.9. The smallest absolute Gasteiger partial charge is 0.132 e. The first-order valence-corrected chi connectivity index (χ1v) is 13.0. The highest BCUT2D eigenvalue weighted by molar-refractivity contribution is 5.78. The number of hydrogen-bond donors (Lipinski definition) is 2. The molecule has 0 aliphatic carbocycles. The highest BCUT2D eigenvalue weighted by atomic mass is 16.3. The fourth-order valence-corrected chi connectivity index (χ4v) is 4.00. The molecule has 0 bridgehead atoms. The van der Waals surface area contributed by atoms with E-state index in [0.717, 1.165) is 44.9 Å². The lowest BCUT2D eigenvalue weighted by molar-refractivity contribution is -0.119. The quantitative estimate of drug-likeness (QED) is 0.161. The van der Waals surface area contributed by atoms with Crippen molar-refractivity contribution in [2.75, 3.05) is 6.61 Å². The monoisotopic (exact) mass is 412 g/mol. The van der Waals surface area contributed by atoms with Gasteiger partial charge in [-0.1, -0.05) is 110 Å². The molecule has 0 aliphatic heterocycles. The highest BCUT2D eigenvalue weighted by Gasteiger charge is 2.05. The lowest BCUT2D eigenvalue weighted by Gasteiger charge is -2.10. The Morgan fingerprint density at radius 1 is 0.586 bits per heavy atom. The summed E-state index contributed by atoms with van der Waals surface area (Å²) in [4.78, 5) is 11.5. The maximum Gasteiger partial charge on any atom is 0.132 e. The third-order valence-electron chi connectivity index (χ3n) is 6.00. The molecule has 2 N–H and O–H groups in total. The Morgan fingerprint density at radius 2 is 0.966 bits per heavy atom. The van der Waals surface area contributed by atoms with Gasteiger partial charge in [-0.2, -0.15) is 0 Å². The number of aliphatic hydroxyl groups excluding tert-OH is 2. The van der Waals surface area contributed by atoms with E-state index >= 15 is 0 Å². The van der Waals surface area contributed by atoms with Gasteiger partial charge < -0.3 is 10.2 Å². The van der Waals surface area contributed by atoms with Gasteiger partial charge in [0, 0.05) is 19.4 Å². The minimum Gasteiger partial charge on any atom is -0.396 e. The number of rotatable bonds is 24. The predicted octanol–water partition coefficient (Wildman–Crippen LogP) is 7.51. The molecule has 0 aromatic carbocycles. The number of ketones is 1. The average Bonchev–Trinajstić information content (AvgIpc) is 2.72. The van der Waals surface area contributed by atoms with Crippen LogP contribution >= 0.6 is 0 Å². The maximum atomic E-state index is 11.5. The third-order valence-corrected chi connectivity index (χ3v) is 6.00. The Bertz CT molecular complexity index is 330. The molecule has 0 saturated heterocycles. The molecule has 1 atom stereocenters. The Hall–Kier alpha value is -0.410. The summed E-state index contributed by atoms with van der Waals surface area (Å²) in [6.45, 7) is 2.39. The molecule has 0 amide bonds. The lowest BCUT2D eigenvalue weighted by Crippen LogP contribution is -2.06. The largest absolute Gasteiger partial charge is 0.396 e. The topological polar surface area (TPSA) is 57.5 Å². The molecule has 1 unspecified atom stereocenters. The molecule has 174 valence electrons. The Morgan fingerprint density at radius 3 is 1.41 bits per heavy atom. The number of aliphatic hydroxyl groups is 2. The lowest BCUT2D eigenvalue weighted by atomic mass is 10.0. The number of Topliss-reactive ketones (excluding diaryl/α,β-unsaturated/α-hetero) is 1. The van der Waals surface area contributed by atoms with Gasteiger partial charge in [0.25, 0.3) is 0 Å². The van der Waals surface area contributed by atoms with Gasteiger partial charge in [-0.25, -0.2) is 0 Å². The van der Waals surface area contributed by atoms with Crippen LogP contribution in [0.2, 0.25) is 0 Å². The fraction of sp³-hybridized carbons (Fsp3) is 0.962. The summed E-state index contributed by atoms with van der Waals surface area (Å²) in [5.41, 5.74) is 0. The summed E-state index contributed by atoms with van der Waals surface area (Å²) in [6.07, 6.45) is 25.5. The molecule has 3 heteroatoms. The molecule has 0 radical (unpaired) electrons. The number of carbonyl (C=O) groups is 1. The van der Waals surface area contributed by atoms with Crippen molar-refractivity contribution in [3.05, 3.63) is 0 Å². The molecule has 29 heavy (non-hydrogen) atoms. The second-order valence-corrected chi connectivity index (χ2v) is 9.00. The van der Waals surface area contributed by atoms with Gasteiger partial charge in [0.2, 0.25) is 0 Å². The maximum absolute atomic E-state index is 11.5. The van der Waals surface area contributed by atoms with Gasteiger partial charge in [-0.05, 0) is 25.7 Å². The van der Waals surface area contributed by atoms with E-state index < -0.39 is 0 Å². The standard InChI is InChI=1S/C26H52O3/c1-2-3-4-5-6-7-8-9-10-11-12-13-16-20-25(28)21-17-14-15-18-22-26(29)23-19-24-27/h25,27-28H,2-24H2,1H3. The number of hydrogen-bond acceptors (Lipinski definition) is 3. The van der Waals surface area contributed by atoms with Crippen LogP contribution in [-0.2, 0) is 4.79 Å². The number of unbranched alkanes of at least 4 members (excludes halogenated alkanes) is 15. The van der Waals surface area contributed by atoms with Crippen LogP contribution in [0.5, 0.6) is 0 Å². The molecular formula is C26H52O3. The van der Waals surface area contributed by atoms with Crippen molar-refractivity contribution < 1.29 is 15.0 Å². The van der Waals surface area contributed by atoms with Crippen molar-refractivity contribution >= 4 is 5.78 Å². The predicted molar refractivity (Wildman–Crippen MR) is 125 cm³/mol. The van der Waals surface area contributed by atoms with E-state index in [1.807, 2.05) is 0 Å². The second-order valence-electron chi connectivity index (χ2n) is 9.00. The van der Waals surface area contributed by atoms with E-state index in [4.69, 9.17) is 5.11 Å². The Balaban J connectivity index is 3.20. The molecule has 0 rings (SSSR count). The fourth-order valence-electron chi connectivity index (χ4n) is 4.00. The summed E-state index contributed by atoms with van der Waals surface area (Å²) in [5, 5.41) is 18.8. The van der Waals surface area contributed by atoms with Crippen molar-refractivity contribution in [1.29, 1.82) is 0 Å². The summed E-state index contributed by atoms with van der Waals surface area (Å²) in [7, 11) is 0. The molecule has 3 nitrogen and oxygen atoms in total. The Kier molecular flexibility index (Phi) is 23.5. The van der Waals surface area contributed by atoms with Crippen LogP contribution in [0.1, 0.15) is 148 Å². The zero-order valence-electron chi connectivity index (χ0n) is 19.6. The molecule has 0 saturated carbocycles. The summed E-state index contributed by atoms with van der Waals surface area (Å²) >= 11 is 0. The van der Waals surface area contributed by atoms with E-state index in [1.165, 1.54) is 77.0 Å². The molecule has 0 aromatic rings. The van der Waals surface area contributed by atoms with Crippen LogP contribution in [0.3, 0.4) is 0 Å². The summed E-state index contributed by atoms with van der Waals surface area (Å²) < 4.78 is 0. The van der Waals surface area contributed by atoms with E-state index in [-0.39, 0.29) is 18.5 Å². The zero-order chi connectivity index (χ0) is 21.4. The van der Waals surface area contributed by atoms with Gasteiger partial charge in [0.05, 0.1) is 6.10 Å². The van der Waals surface area contributed by atoms with Crippen molar-refractivity contribution in [2.24, 2.45) is 0 Å². The van der Waals surface area contributed by atoms with Crippen LogP contribution < -0.4 is 0 Å². The van der Waals surface area contributed by atoms with Gasteiger partial charge in [0.15, 0.2) is 0 Å². The van der Waals surface area contributed by atoms with Crippen LogP contribution in [0.25, 0.3) is 0 Å². The van der Waals surface area contributed by atoms with Crippen molar-refractivity contribution in [3.8, 4) is 0 Å². The van der Waals surface area contributed by atoms with Crippen LogP contribution in [0.4, 0.5) is 0 Å². The first-order chi connectivity index (χ1) is 14.2. The van der Waals surface area contributed by atoms with Crippen LogP contribution in [0, 0.1) is 0 Å². The van der Waals surface area contributed by atoms with Gasteiger partial charge in [-0.15, -0.1) is 0 Å². The zero-order valence-corrected chi connectivity index (χ0v) is 19.6. The van der Waals surface area contributed by atoms with Crippen LogP contribution in [-0.4, -0.2) is 28.7 Å². The van der Waals surface area contributed by atoms with Crippen molar-refractivity contribution in [3.63, 3.8) is 0 Å². The molecule has 0 aliphatic rings. The number of carbonyl (C=O) groups excluding carboxylic acids is 1. The van der Waals surface area contributed by atoms with Crippen molar-refractivity contribution in [2.45, 2.75) is 154 Å². The van der Waals surface area contributed by atoms with E-state index in [2.05, 4.69) is 6.92 Å². The van der Waals surface area contributed by atoms with Gasteiger partial charge in [0.1, 0.15) is 5.78 Å². The molecule has 0 heterocycles. The van der Waals surface area contributed by atoms with Crippen LogP contribution in [0.15, 0.2) is 0 Å². The van der Waals surface area contributed by atoms with Crippen molar-refractivity contribution in [1.82, 2.24) is 0 Å². The highest BCUT2D eigenvalue weighted by Crippen LogP contribution is 2.15. The van der Waals surface area contributed by atoms with E-state index in [1.54, 1.807) is 0 Å². The van der Waals surface area contributed by atoms with Gasteiger partial charge >= 0.3 is 0 Å². The normalized spacial score (nSPS) is 12.4. The SMILES string of the molecule is CCCCCCCCCCCCCCCC(O)CCCCCCC(=O)CCCO. The van der Waals surface area contributed by atoms with E-state index in [0.29, 0.717) is 19.3 Å². The molecule has 0 fully saturated rings. The summed E-state index contributed by atoms with van der Waals surface area (Å²) in [5.74, 6) is 0.279. The van der Waals surface area contributed by atoms with E-state index in [9.17, 15) is 9.90 Å². The first kappa shape index (κ1) is 28.6. The average molecular weight is 413 g/mol.